The van der Waals surface area contributed by atoms with Crippen LogP contribution in [-0.4, -0.2) is 18.6 Å². The molecule has 0 bridgehead atoms. The van der Waals surface area contributed by atoms with E-state index >= 15 is 0 Å². The Hall–Kier alpha value is -2.78. The summed E-state index contributed by atoms with van der Waals surface area (Å²) in [5.41, 5.74) is 0.266. The molecule has 3 aromatic rings. The molecule has 0 aliphatic heterocycles. The van der Waals surface area contributed by atoms with E-state index in [0.29, 0.717) is 0 Å². The van der Waals surface area contributed by atoms with Gasteiger partial charge in [-0.05, 0) is 36.4 Å². The Labute approximate surface area is 152 Å². The van der Waals surface area contributed by atoms with E-state index in [2.05, 4.69) is 20.2 Å². The maximum Gasteiger partial charge on any atom is 0.264 e. The molecule has 1 heterocycles. The molecule has 134 valence electrons. The molecule has 0 atom stereocenters. The Kier molecular flexibility index (Phi) is 5.01. The van der Waals surface area contributed by atoms with Crippen LogP contribution in [0.4, 0.5) is 26.1 Å². The van der Waals surface area contributed by atoms with Crippen LogP contribution in [0.3, 0.4) is 0 Å². The molecule has 0 aliphatic rings. The summed E-state index contributed by atoms with van der Waals surface area (Å²) < 4.78 is 53.0. The number of benzene rings is 2. The number of sulfonamides is 1. The second-order valence-corrected chi connectivity index (χ2v) is 7.15. The van der Waals surface area contributed by atoms with Crippen LogP contribution in [0.15, 0.2) is 59.5 Å². The van der Waals surface area contributed by atoms with Crippen LogP contribution in [0.5, 0.6) is 0 Å². The molecule has 0 saturated heterocycles. The fourth-order valence-corrected chi connectivity index (χ4v) is 3.55. The predicted molar refractivity (Wildman–Crippen MR) is 93.9 cm³/mol. The zero-order valence-electron chi connectivity index (χ0n) is 12.9. The molecule has 0 spiro atoms. The van der Waals surface area contributed by atoms with E-state index in [0.717, 1.165) is 12.1 Å². The summed E-state index contributed by atoms with van der Waals surface area (Å²) in [6, 6.07) is 12.0. The predicted octanol–water partition coefficient (Wildman–Crippen LogP) is 3.95. The van der Waals surface area contributed by atoms with E-state index in [1.54, 1.807) is 12.1 Å². The van der Waals surface area contributed by atoms with Crippen LogP contribution >= 0.6 is 11.6 Å². The van der Waals surface area contributed by atoms with Crippen molar-refractivity contribution >= 4 is 38.9 Å². The molecule has 0 saturated carbocycles. The third kappa shape index (κ3) is 4.06. The third-order valence-corrected chi connectivity index (χ3v) is 5.08. The van der Waals surface area contributed by atoms with Gasteiger partial charge in [0, 0.05) is 11.8 Å². The first-order valence-corrected chi connectivity index (χ1v) is 9.04. The van der Waals surface area contributed by atoms with Gasteiger partial charge in [-0.3, -0.25) is 4.72 Å². The number of halogens is 3. The SMILES string of the molecule is O=S(=O)(Nc1ccc(Nc2ccc(F)c(F)c2)nn1)c1ccccc1Cl. The summed E-state index contributed by atoms with van der Waals surface area (Å²) >= 11 is 5.89. The monoisotopic (exact) mass is 396 g/mol. The van der Waals surface area contributed by atoms with Crippen molar-refractivity contribution < 1.29 is 17.2 Å². The Morgan fingerprint density at radius 2 is 1.58 bits per heavy atom. The van der Waals surface area contributed by atoms with Gasteiger partial charge < -0.3 is 5.32 Å². The van der Waals surface area contributed by atoms with Crippen LogP contribution in [0.25, 0.3) is 0 Å². The van der Waals surface area contributed by atoms with Crippen molar-refractivity contribution in [3.63, 3.8) is 0 Å². The zero-order valence-corrected chi connectivity index (χ0v) is 14.5. The van der Waals surface area contributed by atoms with Crippen molar-refractivity contribution in [2.75, 3.05) is 10.0 Å². The first-order chi connectivity index (χ1) is 12.3. The molecule has 0 radical (unpaired) electrons. The lowest BCUT2D eigenvalue weighted by Gasteiger charge is -2.09. The van der Waals surface area contributed by atoms with Gasteiger partial charge in [-0.1, -0.05) is 23.7 Å². The van der Waals surface area contributed by atoms with Crippen LogP contribution in [-0.2, 0) is 10.0 Å². The van der Waals surface area contributed by atoms with Gasteiger partial charge in [0.25, 0.3) is 10.0 Å². The van der Waals surface area contributed by atoms with E-state index in [1.807, 2.05) is 0 Å². The molecular weight excluding hydrogens is 386 g/mol. The van der Waals surface area contributed by atoms with Crippen LogP contribution in [0.2, 0.25) is 5.02 Å². The molecule has 10 heteroatoms. The van der Waals surface area contributed by atoms with Crippen LogP contribution < -0.4 is 10.0 Å². The molecule has 2 aromatic carbocycles. The van der Waals surface area contributed by atoms with Gasteiger partial charge in [-0.25, -0.2) is 17.2 Å². The molecule has 2 N–H and O–H groups in total. The molecule has 0 fully saturated rings. The quantitative estimate of drug-likeness (QED) is 0.682. The van der Waals surface area contributed by atoms with E-state index in [4.69, 9.17) is 11.6 Å². The van der Waals surface area contributed by atoms with Gasteiger partial charge in [0.05, 0.1) is 5.02 Å². The summed E-state index contributed by atoms with van der Waals surface area (Å²) in [6.45, 7) is 0. The Balaban J connectivity index is 1.75. The number of aromatic nitrogens is 2. The lowest BCUT2D eigenvalue weighted by molar-refractivity contribution is 0.509. The van der Waals surface area contributed by atoms with Crippen molar-refractivity contribution in [3.05, 3.63) is 71.3 Å². The topological polar surface area (TPSA) is 84.0 Å². The van der Waals surface area contributed by atoms with E-state index in [9.17, 15) is 17.2 Å². The summed E-state index contributed by atoms with van der Waals surface area (Å²) in [6.07, 6.45) is 0. The van der Waals surface area contributed by atoms with Crippen LogP contribution in [0.1, 0.15) is 0 Å². The first kappa shape index (κ1) is 18.0. The molecule has 6 nitrogen and oxygen atoms in total. The lowest BCUT2D eigenvalue weighted by Crippen LogP contribution is -2.14. The van der Waals surface area contributed by atoms with Gasteiger partial charge in [0.1, 0.15) is 4.90 Å². The van der Waals surface area contributed by atoms with Crippen molar-refractivity contribution in [1.29, 1.82) is 0 Å². The van der Waals surface area contributed by atoms with Gasteiger partial charge in [-0.15, -0.1) is 10.2 Å². The summed E-state index contributed by atoms with van der Waals surface area (Å²) in [5.74, 6) is -1.78. The summed E-state index contributed by atoms with van der Waals surface area (Å²) in [7, 11) is -3.92. The summed E-state index contributed by atoms with van der Waals surface area (Å²) in [5, 5.41) is 10.3. The van der Waals surface area contributed by atoms with Crippen molar-refractivity contribution in [2.24, 2.45) is 0 Å². The lowest BCUT2D eigenvalue weighted by atomic mass is 10.3. The Morgan fingerprint density at radius 1 is 0.885 bits per heavy atom. The van der Waals surface area contributed by atoms with Crippen molar-refractivity contribution in [3.8, 4) is 0 Å². The fourth-order valence-electron chi connectivity index (χ4n) is 2.03. The maximum atomic E-state index is 13.2. The average molecular weight is 397 g/mol. The Morgan fingerprint density at radius 3 is 2.23 bits per heavy atom. The number of nitrogens with zero attached hydrogens (tertiary/aromatic N) is 2. The van der Waals surface area contributed by atoms with Crippen molar-refractivity contribution in [1.82, 2.24) is 10.2 Å². The third-order valence-electron chi connectivity index (χ3n) is 3.22. The second-order valence-electron chi connectivity index (χ2n) is 5.09. The second kappa shape index (κ2) is 7.22. The molecule has 0 aliphatic carbocycles. The number of rotatable bonds is 5. The van der Waals surface area contributed by atoms with E-state index < -0.39 is 21.7 Å². The van der Waals surface area contributed by atoms with Crippen molar-refractivity contribution in [2.45, 2.75) is 4.90 Å². The summed E-state index contributed by atoms with van der Waals surface area (Å²) in [4.78, 5) is -0.0903. The Bertz CT molecular complexity index is 1050. The molecule has 0 amide bonds. The van der Waals surface area contributed by atoms with Gasteiger partial charge >= 0.3 is 0 Å². The molecular formula is C16H11ClF2N4O2S. The molecule has 26 heavy (non-hydrogen) atoms. The minimum atomic E-state index is -3.92. The largest absolute Gasteiger partial charge is 0.339 e. The number of anilines is 3. The molecule has 3 rings (SSSR count). The van der Waals surface area contributed by atoms with Gasteiger partial charge in [0.15, 0.2) is 23.3 Å². The van der Waals surface area contributed by atoms with Crippen LogP contribution in [0, 0.1) is 11.6 Å². The standard InChI is InChI=1S/C16H11ClF2N4O2S/c17-11-3-1-2-4-14(11)26(24,25)23-16-8-7-15(21-22-16)20-10-5-6-12(18)13(19)9-10/h1-9H,(H,20,21)(H,22,23). The normalized spacial score (nSPS) is 11.2. The van der Waals surface area contributed by atoms with Gasteiger partial charge in [0.2, 0.25) is 0 Å². The minimum Gasteiger partial charge on any atom is -0.339 e. The minimum absolute atomic E-state index is 0.0271. The first-order valence-electron chi connectivity index (χ1n) is 7.18. The van der Waals surface area contributed by atoms with Gasteiger partial charge in [-0.2, -0.15) is 0 Å². The fraction of sp³-hybridized carbons (Fsp3) is 0. The number of hydrogen-bond acceptors (Lipinski definition) is 5. The maximum absolute atomic E-state index is 13.2. The highest BCUT2D eigenvalue weighted by Gasteiger charge is 2.18. The highest BCUT2D eigenvalue weighted by molar-refractivity contribution is 7.92. The highest BCUT2D eigenvalue weighted by Crippen LogP contribution is 2.23. The number of nitrogens with one attached hydrogen (secondary N) is 2. The number of hydrogen-bond donors (Lipinski definition) is 2. The average Bonchev–Trinajstić information content (AvgIpc) is 2.60. The molecule has 0 unspecified atom stereocenters. The zero-order chi connectivity index (χ0) is 18.7. The molecule has 1 aromatic heterocycles. The van der Waals surface area contributed by atoms with E-state index in [-0.39, 0.29) is 27.2 Å². The smallest absolute Gasteiger partial charge is 0.264 e. The highest BCUT2D eigenvalue weighted by atomic mass is 35.5. The van der Waals surface area contributed by atoms with E-state index in [1.165, 1.54) is 30.3 Å².